The zero-order valence-corrected chi connectivity index (χ0v) is 14.0. The maximum absolute atomic E-state index is 12.6. The summed E-state index contributed by atoms with van der Waals surface area (Å²) < 4.78 is 6.63. The fourth-order valence-corrected chi connectivity index (χ4v) is 2.72. The molecule has 0 saturated heterocycles. The lowest BCUT2D eigenvalue weighted by Crippen LogP contribution is -2.46. The molecule has 1 aromatic carbocycles. The second-order valence-corrected chi connectivity index (χ2v) is 5.45. The molecule has 2 heterocycles. The smallest absolute Gasteiger partial charge is 0.338 e. The van der Waals surface area contributed by atoms with Crippen LogP contribution in [0.1, 0.15) is 24.4 Å². The summed E-state index contributed by atoms with van der Waals surface area (Å²) in [7, 11) is 0. The number of benzene rings is 1. The Balaban J connectivity index is 2.08. The lowest BCUT2D eigenvalue weighted by atomic mass is 9.95. The number of ether oxygens (including phenoxy) is 1. The number of nitrogens with zero attached hydrogens (tertiary/aromatic N) is 4. The SMILES string of the molecule is CCOC(=O)C1=C(Cn2cnnc2C#N)NC(=O)NC1c1ccccc1. The second-order valence-electron chi connectivity index (χ2n) is 5.45. The van der Waals surface area contributed by atoms with E-state index >= 15 is 0 Å². The van der Waals surface area contributed by atoms with E-state index in [1.165, 1.54) is 10.9 Å². The summed E-state index contributed by atoms with van der Waals surface area (Å²) in [6.07, 6.45) is 1.36. The first-order chi connectivity index (χ1) is 12.6. The molecule has 1 atom stereocenters. The number of amides is 2. The Bertz CT molecular complexity index is 897. The molecule has 1 aliphatic rings. The van der Waals surface area contributed by atoms with Gasteiger partial charge in [0.1, 0.15) is 12.4 Å². The summed E-state index contributed by atoms with van der Waals surface area (Å²) >= 11 is 0. The molecule has 0 bridgehead atoms. The number of nitriles is 1. The number of nitrogens with one attached hydrogen (secondary N) is 2. The maximum Gasteiger partial charge on any atom is 0.338 e. The number of rotatable bonds is 5. The number of hydrogen-bond donors (Lipinski definition) is 2. The largest absolute Gasteiger partial charge is 0.463 e. The minimum absolute atomic E-state index is 0.0563. The molecule has 0 fully saturated rings. The van der Waals surface area contributed by atoms with Crippen molar-refractivity contribution in [2.24, 2.45) is 0 Å². The lowest BCUT2D eigenvalue weighted by molar-refractivity contribution is -0.139. The predicted octanol–water partition coefficient (Wildman–Crippen LogP) is 1.02. The van der Waals surface area contributed by atoms with Crippen LogP contribution in [-0.4, -0.2) is 33.4 Å². The highest BCUT2D eigenvalue weighted by Crippen LogP contribution is 2.28. The van der Waals surface area contributed by atoms with Gasteiger partial charge in [0.25, 0.3) is 0 Å². The maximum atomic E-state index is 12.6. The molecule has 132 valence electrons. The van der Waals surface area contributed by atoms with Gasteiger partial charge in [0.15, 0.2) is 0 Å². The van der Waals surface area contributed by atoms with Crippen LogP contribution in [0.4, 0.5) is 4.79 Å². The molecule has 9 heteroatoms. The van der Waals surface area contributed by atoms with Gasteiger partial charge >= 0.3 is 12.0 Å². The second kappa shape index (κ2) is 7.48. The van der Waals surface area contributed by atoms with Crippen molar-refractivity contribution in [1.29, 1.82) is 5.26 Å². The van der Waals surface area contributed by atoms with Crippen molar-refractivity contribution < 1.29 is 14.3 Å². The van der Waals surface area contributed by atoms with E-state index < -0.39 is 18.0 Å². The number of urea groups is 1. The average molecular weight is 352 g/mol. The zero-order valence-electron chi connectivity index (χ0n) is 14.0. The van der Waals surface area contributed by atoms with Gasteiger partial charge in [-0.05, 0) is 12.5 Å². The highest BCUT2D eigenvalue weighted by molar-refractivity contribution is 5.95. The third-order valence-electron chi connectivity index (χ3n) is 3.83. The number of carbonyl (C=O) groups excluding carboxylic acids is 2. The van der Waals surface area contributed by atoms with Gasteiger partial charge in [-0.15, -0.1) is 10.2 Å². The van der Waals surface area contributed by atoms with Crippen LogP contribution >= 0.6 is 0 Å². The molecule has 9 nitrogen and oxygen atoms in total. The number of aromatic nitrogens is 3. The molecule has 3 rings (SSSR count). The van der Waals surface area contributed by atoms with Gasteiger partial charge in [0.05, 0.1) is 30.5 Å². The Kier molecular flexibility index (Phi) is 4.94. The minimum Gasteiger partial charge on any atom is -0.463 e. The fourth-order valence-electron chi connectivity index (χ4n) is 2.72. The van der Waals surface area contributed by atoms with Crippen LogP contribution in [0.15, 0.2) is 47.9 Å². The van der Waals surface area contributed by atoms with Crippen LogP contribution < -0.4 is 10.6 Å². The van der Waals surface area contributed by atoms with E-state index in [1.54, 1.807) is 6.92 Å². The Morgan fingerprint density at radius 3 is 2.85 bits per heavy atom. The molecule has 0 saturated carbocycles. The molecule has 0 aliphatic carbocycles. The highest BCUT2D eigenvalue weighted by Gasteiger charge is 2.33. The minimum atomic E-state index is -0.666. The normalized spacial score (nSPS) is 16.5. The summed E-state index contributed by atoms with van der Waals surface area (Å²) in [5.74, 6) is -0.472. The van der Waals surface area contributed by atoms with Gasteiger partial charge in [-0.1, -0.05) is 30.3 Å². The van der Waals surface area contributed by atoms with Crippen LogP contribution in [-0.2, 0) is 16.1 Å². The lowest BCUT2D eigenvalue weighted by Gasteiger charge is -2.29. The predicted molar refractivity (Wildman–Crippen MR) is 89.2 cm³/mol. The van der Waals surface area contributed by atoms with Crippen LogP contribution in [0.25, 0.3) is 0 Å². The van der Waals surface area contributed by atoms with Crippen LogP contribution in [0.3, 0.4) is 0 Å². The highest BCUT2D eigenvalue weighted by atomic mass is 16.5. The van der Waals surface area contributed by atoms with Crippen LogP contribution in [0, 0.1) is 11.3 Å². The van der Waals surface area contributed by atoms with Crippen molar-refractivity contribution in [3.8, 4) is 6.07 Å². The molecular formula is C17H16N6O3. The summed E-state index contributed by atoms with van der Waals surface area (Å²) in [5.41, 5.74) is 1.35. The van der Waals surface area contributed by atoms with Gasteiger partial charge in [0.2, 0.25) is 5.82 Å². The third-order valence-corrected chi connectivity index (χ3v) is 3.83. The Hall–Kier alpha value is -3.67. The molecule has 2 N–H and O–H groups in total. The first-order valence-corrected chi connectivity index (χ1v) is 7.94. The van der Waals surface area contributed by atoms with E-state index in [0.29, 0.717) is 5.70 Å². The van der Waals surface area contributed by atoms with Gasteiger partial charge < -0.3 is 15.4 Å². The molecule has 26 heavy (non-hydrogen) atoms. The Morgan fingerprint density at radius 2 is 2.15 bits per heavy atom. The molecule has 1 aliphatic heterocycles. The van der Waals surface area contributed by atoms with Gasteiger partial charge in [-0.3, -0.25) is 4.57 Å². The average Bonchev–Trinajstić information content (AvgIpc) is 3.09. The van der Waals surface area contributed by atoms with Gasteiger partial charge in [-0.2, -0.15) is 5.26 Å². The molecule has 1 aromatic heterocycles. The van der Waals surface area contributed by atoms with Crippen molar-refractivity contribution in [1.82, 2.24) is 25.4 Å². The van der Waals surface area contributed by atoms with Gasteiger partial charge in [0, 0.05) is 0 Å². The molecular weight excluding hydrogens is 336 g/mol. The van der Waals surface area contributed by atoms with E-state index in [0.717, 1.165) is 5.56 Å². The quantitative estimate of drug-likeness (QED) is 0.775. The van der Waals surface area contributed by atoms with Crippen molar-refractivity contribution in [3.63, 3.8) is 0 Å². The molecule has 2 amide bonds. The summed E-state index contributed by atoms with van der Waals surface area (Å²) in [4.78, 5) is 24.8. The number of hydrogen-bond acceptors (Lipinski definition) is 6. The van der Waals surface area contributed by atoms with E-state index in [1.807, 2.05) is 36.4 Å². The molecule has 2 aromatic rings. The van der Waals surface area contributed by atoms with Crippen LogP contribution in [0.2, 0.25) is 0 Å². The fraction of sp³-hybridized carbons (Fsp3) is 0.235. The first-order valence-electron chi connectivity index (χ1n) is 7.94. The summed E-state index contributed by atoms with van der Waals surface area (Å²) in [5, 5.41) is 21.9. The number of carbonyl (C=O) groups is 2. The summed E-state index contributed by atoms with van der Waals surface area (Å²) in [6.45, 7) is 1.96. The molecule has 0 radical (unpaired) electrons. The van der Waals surface area contributed by atoms with Crippen molar-refractivity contribution in [3.05, 3.63) is 59.3 Å². The molecule has 0 spiro atoms. The summed E-state index contributed by atoms with van der Waals surface area (Å²) in [6, 6.07) is 9.90. The Morgan fingerprint density at radius 1 is 1.38 bits per heavy atom. The topological polar surface area (TPSA) is 122 Å². The van der Waals surface area contributed by atoms with Gasteiger partial charge in [-0.25, -0.2) is 9.59 Å². The van der Waals surface area contributed by atoms with Crippen molar-refractivity contribution >= 4 is 12.0 Å². The van der Waals surface area contributed by atoms with E-state index in [-0.39, 0.29) is 24.5 Å². The zero-order chi connectivity index (χ0) is 18.5. The number of esters is 1. The Labute approximate surface area is 149 Å². The van der Waals surface area contributed by atoms with E-state index in [2.05, 4.69) is 20.8 Å². The standard InChI is InChI=1S/C17H16N6O3/c1-2-26-16(24)14-12(9-23-10-19-22-13(23)8-18)20-17(25)21-15(14)11-6-4-3-5-7-11/h3-7,10,15H,2,9H2,1H3,(H2,20,21,25). The molecule has 1 unspecified atom stereocenters. The third kappa shape index (κ3) is 3.39. The van der Waals surface area contributed by atoms with E-state index in [4.69, 9.17) is 10.00 Å². The van der Waals surface area contributed by atoms with E-state index in [9.17, 15) is 9.59 Å². The first kappa shape index (κ1) is 17.2. The monoisotopic (exact) mass is 352 g/mol. The van der Waals surface area contributed by atoms with Crippen LogP contribution in [0.5, 0.6) is 0 Å². The van der Waals surface area contributed by atoms with Crippen molar-refractivity contribution in [2.45, 2.75) is 19.5 Å². The van der Waals surface area contributed by atoms with Crippen molar-refractivity contribution in [2.75, 3.05) is 6.61 Å². The number of allylic oxidation sites excluding steroid dienone is 1.